The second-order valence-electron chi connectivity index (χ2n) is 2.22. The van der Waals surface area contributed by atoms with Crippen molar-refractivity contribution < 1.29 is 14.1 Å². The topological polar surface area (TPSA) is 65.2 Å². The molecule has 0 N–H and O–H groups in total. The average molecular weight is 170 g/mol. The summed E-state index contributed by atoms with van der Waals surface area (Å²) in [5.41, 5.74) is 0. The number of aromatic nitrogens is 2. The van der Waals surface area contributed by atoms with Crippen LogP contribution in [0.5, 0.6) is 0 Å². The molecule has 1 heterocycles. The molecule has 0 aromatic carbocycles. The number of aldehydes is 1. The third kappa shape index (κ3) is 2.43. The van der Waals surface area contributed by atoms with Crippen molar-refractivity contribution in [3.8, 4) is 0 Å². The van der Waals surface area contributed by atoms with Crippen molar-refractivity contribution in [1.82, 2.24) is 10.1 Å². The molecule has 1 aromatic rings. The molecule has 0 radical (unpaired) electrons. The largest absolute Gasteiger partial charge is 0.384 e. The fraction of sp³-hybridized carbons (Fsp3) is 0.571. The molecule has 1 aromatic heterocycles. The van der Waals surface area contributed by atoms with Gasteiger partial charge in [-0.3, -0.25) is 0 Å². The second-order valence-corrected chi connectivity index (χ2v) is 2.22. The van der Waals surface area contributed by atoms with Crippen molar-refractivity contribution in [2.24, 2.45) is 0 Å². The number of rotatable bonds is 5. The van der Waals surface area contributed by atoms with Crippen molar-refractivity contribution in [3.05, 3.63) is 11.7 Å². The molecular weight excluding hydrogens is 160 g/mol. The fourth-order valence-corrected chi connectivity index (χ4v) is 0.739. The third-order valence-corrected chi connectivity index (χ3v) is 1.30. The van der Waals surface area contributed by atoms with Crippen LogP contribution < -0.4 is 0 Å². The predicted octanol–water partition coefficient (Wildman–Crippen LogP) is -0.0001000. The van der Waals surface area contributed by atoms with E-state index in [4.69, 9.17) is 9.26 Å². The summed E-state index contributed by atoms with van der Waals surface area (Å²) in [6.45, 7) is 0.556. The smallest absolute Gasteiger partial charge is 0.233 e. The van der Waals surface area contributed by atoms with Crippen LogP contribution in [-0.2, 0) is 22.4 Å². The molecule has 0 unspecified atom stereocenters. The van der Waals surface area contributed by atoms with Crippen molar-refractivity contribution in [2.45, 2.75) is 12.8 Å². The molecule has 0 atom stereocenters. The summed E-state index contributed by atoms with van der Waals surface area (Å²) in [7, 11) is 1.60. The van der Waals surface area contributed by atoms with Crippen LogP contribution in [-0.4, -0.2) is 30.1 Å². The predicted molar refractivity (Wildman–Crippen MR) is 39.6 cm³/mol. The van der Waals surface area contributed by atoms with Gasteiger partial charge in [0.2, 0.25) is 5.89 Å². The lowest BCUT2D eigenvalue weighted by atomic mass is 10.4. The molecule has 0 amide bonds. The first kappa shape index (κ1) is 8.86. The lowest BCUT2D eigenvalue weighted by molar-refractivity contribution is -0.107. The number of carbonyl (C=O) groups is 1. The molecule has 0 aliphatic rings. The summed E-state index contributed by atoms with van der Waals surface area (Å²) < 4.78 is 9.58. The SMILES string of the molecule is COCCc1noc(CC=O)n1. The Kier molecular flexibility index (Phi) is 3.40. The van der Waals surface area contributed by atoms with E-state index in [1.54, 1.807) is 7.11 Å². The van der Waals surface area contributed by atoms with Crippen LogP contribution in [0.4, 0.5) is 0 Å². The fourth-order valence-electron chi connectivity index (χ4n) is 0.739. The quantitative estimate of drug-likeness (QED) is 0.582. The van der Waals surface area contributed by atoms with Crippen LogP contribution in [0.3, 0.4) is 0 Å². The minimum atomic E-state index is 0.181. The summed E-state index contributed by atoms with van der Waals surface area (Å²) in [5.74, 6) is 0.935. The van der Waals surface area contributed by atoms with Crippen molar-refractivity contribution in [1.29, 1.82) is 0 Å². The molecule has 66 valence electrons. The van der Waals surface area contributed by atoms with Crippen LogP contribution in [0, 0.1) is 0 Å². The van der Waals surface area contributed by atoms with Gasteiger partial charge in [-0.25, -0.2) is 0 Å². The second kappa shape index (κ2) is 4.61. The number of carbonyl (C=O) groups excluding carboxylic acids is 1. The number of ether oxygens (including phenoxy) is 1. The summed E-state index contributed by atoms with van der Waals surface area (Å²) in [4.78, 5) is 14.0. The Hall–Kier alpha value is -1.23. The van der Waals surface area contributed by atoms with Gasteiger partial charge in [0.15, 0.2) is 5.82 Å². The molecule has 0 spiro atoms. The van der Waals surface area contributed by atoms with Crippen molar-refractivity contribution in [3.63, 3.8) is 0 Å². The van der Waals surface area contributed by atoms with E-state index in [0.29, 0.717) is 24.7 Å². The highest BCUT2D eigenvalue weighted by atomic mass is 16.5. The highest BCUT2D eigenvalue weighted by molar-refractivity contribution is 5.52. The Morgan fingerprint density at radius 2 is 2.50 bits per heavy atom. The van der Waals surface area contributed by atoms with Gasteiger partial charge in [0.05, 0.1) is 13.0 Å². The zero-order chi connectivity index (χ0) is 8.81. The van der Waals surface area contributed by atoms with Gasteiger partial charge in [0.25, 0.3) is 0 Å². The molecular formula is C7H10N2O3. The van der Waals surface area contributed by atoms with Gasteiger partial charge < -0.3 is 14.1 Å². The first-order valence-corrected chi connectivity index (χ1v) is 3.61. The first-order valence-electron chi connectivity index (χ1n) is 3.61. The van der Waals surface area contributed by atoms with Crippen LogP contribution in [0.15, 0.2) is 4.52 Å². The van der Waals surface area contributed by atoms with Gasteiger partial charge in [-0.05, 0) is 0 Å². The van der Waals surface area contributed by atoms with E-state index in [-0.39, 0.29) is 6.42 Å². The van der Waals surface area contributed by atoms with Gasteiger partial charge in [-0.2, -0.15) is 4.98 Å². The normalized spacial score (nSPS) is 10.1. The molecule has 0 aliphatic heterocycles. The molecule has 0 saturated heterocycles. The average Bonchev–Trinajstić information content (AvgIpc) is 2.50. The number of hydrogen-bond acceptors (Lipinski definition) is 5. The monoisotopic (exact) mass is 170 g/mol. The number of methoxy groups -OCH3 is 1. The van der Waals surface area contributed by atoms with Gasteiger partial charge in [-0.1, -0.05) is 5.16 Å². The number of hydrogen-bond donors (Lipinski definition) is 0. The van der Waals surface area contributed by atoms with Gasteiger partial charge in [-0.15, -0.1) is 0 Å². The highest BCUT2D eigenvalue weighted by Crippen LogP contribution is 1.97. The molecule has 0 fully saturated rings. The van der Waals surface area contributed by atoms with Crippen LogP contribution in [0.25, 0.3) is 0 Å². The van der Waals surface area contributed by atoms with Crippen LogP contribution in [0.2, 0.25) is 0 Å². The summed E-state index contributed by atoms with van der Waals surface area (Å²) in [6, 6.07) is 0. The molecule has 12 heavy (non-hydrogen) atoms. The Balaban J connectivity index is 2.46. The van der Waals surface area contributed by atoms with Crippen LogP contribution in [0.1, 0.15) is 11.7 Å². The summed E-state index contributed by atoms with van der Waals surface area (Å²) >= 11 is 0. The Labute approximate surface area is 69.7 Å². The minimum absolute atomic E-state index is 0.181. The van der Waals surface area contributed by atoms with Crippen molar-refractivity contribution in [2.75, 3.05) is 13.7 Å². The van der Waals surface area contributed by atoms with E-state index < -0.39 is 0 Å². The van der Waals surface area contributed by atoms with Gasteiger partial charge in [0.1, 0.15) is 6.29 Å². The van der Waals surface area contributed by atoms with Gasteiger partial charge in [0, 0.05) is 13.5 Å². The van der Waals surface area contributed by atoms with Gasteiger partial charge >= 0.3 is 0 Å². The Morgan fingerprint density at radius 3 is 3.17 bits per heavy atom. The van der Waals surface area contributed by atoms with E-state index in [0.717, 1.165) is 6.29 Å². The molecule has 5 nitrogen and oxygen atoms in total. The van der Waals surface area contributed by atoms with E-state index in [2.05, 4.69) is 10.1 Å². The summed E-state index contributed by atoms with van der Waals surface area (Å²) in [6.07, 6.45) is 1.52. The van der Waals surface area contributed by atoms with Crippen molar-refractivity contribution >= 4 is 6.29 Å². The van der Waals surface area contributed by atoms with E-state index in [1.165, 1.54) is 0 Å². The molecule has 0 saturated carbocycles. The Bertz CT molecular complexity index is 247. The highest BCUT2D eigenvalue weighted by Gasteiger charge is 2.04. The molecule has 0 aliphatic carbocycles. The molecule has 5 heteroatoms. The minimum Gasteiger partial charge on any atom is -0.384 e. The zero-order valence-corrected chi connectivity index (χ0v) is 6.82. The van der Waals surface area contributed by atoms with E-state index >= 15 is 0 Å². The Morgan fingerprint density at radius 1 is 1.67 bits per heavy atom. The standard InChI is InChI=1S/C7H10N2O3/c1-11-5-3-6-8-7(2-4-10)12-9-6/h4H,2-3,5H2,1H3. The van der Waals surface area contributed by atoms with E-state index in [9.17, 15) is 4.79 Å². The van der Waals surface area contributed by atoms with Crippen LogP contribution >= 0.6 is 0 Å². The first-order chi connectivity index (χ1) is 5.86. The maximum absolute atomic E-state index is 10.0. The number of nitrogens with zero attached hydrogens (tertiary/aromatic N) is 2. The van der Waals surface area contributed by atoms with E-state index in [1.807, 2.05) is 0 Å². The molecule has 0 bridgehead atoms. The maximum atomic E-state index is 10.0. The lowest BCUT2D eigenvalue weighted by Gasteiger charge is -1.89. The zero-order valence-electron chi connectivity index (χ0n) is 6.82. The summed E-state index contributed by atoms with van der Waals surface area (Å²) in [5, 5.41) is 3.65. The maximum Gasteiger partial charge on any atom is 0.233 e. The lowest BCUT2D eigenvalue weighted by Crippen LogP contribution is -1.96. The molecule has 1 rings (SSSR count). The third-order valence-electron chi connectivity index (χ3n) is 1.30.